The van der Waals surface area contributed by atoms with Gasteiger partial charge in [0, 0.05) is 80.8 Å². The van der Waals surface area contributed by atoms with E-state index in [2.05, 4.69) is 50.4 Å². The van der Waals surface area contributed by atoms with Crippen LogP contribution < -0.4 is 30.0 Å². The number of hydrogen-bond acceptors (Lipinski definition) is 17. The fourth-order valence-corrected chi connectivity index (χ4v) is 10.5. The summed E-state index contributed by atoms with van der Waals surface area (Å²) in [7, 11) is -7.57. The minimum absolute atomic E-state index is 0.00750. The summed E-state index contributed by atoms with van der Waals surface area (Å²) in [5, 5.41) is 24.5. The van der Waals surface area contributed by atoms with Crippen molar-refractivity contribution in [2.75, 3.05) is 51.1 Å². The van der Waals surface area contributed by atoms with E-state index in [9.17, 15) is 50.2 Å². The molecule has 2 aromatic carbocycles. The summed E-state index contributed by atoms with van der Waals surface area (Å²) in [6, 6.07) is 10.8. The van der Waals surface area contributed by atoms with E-state index in [1.807, 2.05) is 0 Å². The molecular formula is C43H55ClF3N9O12S2. The minimum atomic E-state index is -3.82. The van der Waals surface area contributed by atoms with E-state index in [-0.39, 0.29) is 80.3 Å². The number of anilines is 1. The van der Waals surface area contributed by atoms with Crippen LogP contribution in [0.5, 0.6) is 23.0 Å². The lowest BCUT2D eigenvalue weighted by Gasteiger charge is -2.31. The van der Waals surface area contributed by atoms with E-state index in [1.165, 1.54) is 70.7 Å². The molecule has 0 amide bonds. The van der Waals surface area contributed by atoms with Gasteiger partial charge in [0.25, 0.3) is 0 Å². The molecule has 0 spiro atoms. The van der Waals surface area contributed by atoms with E-state index in [0.717, 1.165) is 13.0 Å². The van der Waals surface area contributed by atoms with Gasteiger partial charge in [0.1, 0.15) is 0 Å². The number of sulfonamides is 2. The Kier molecular flexibility index (Phi) is 18.2. The third-order valence-electron chi connectivity index (χ3n) is 11.2. The molecule has 1 unspecified atom stereocenters. The van der Waals surface area contributed by atoms with Crippen molar-refractivity contribution in [2.24, 2.45) is 5.73 Å². The molecule has 8 rings (SSSR count). The van der Waals surface area contributed by atoms with Gasteiger partial charge in [-0.15, -0.1) is 8.78 Å². The summed E-state index contributed by atoms with van der Waals surface area (Å²) in [4.78, 5) is 30.6. The first-order chi connectivity index (χ1) is 32.8. The van der Waals surface area contributed by atoms with Crippen LogP contribution in [0.3, 0.4) is 0 Å². The van der Waals surface area contributed by atoms with Gasteiger partial charge in [-0.05, 0) is 95.6 Å². The Morgan fingerprint density at radius 2 is 1.14 bits per heavy atom. The number of halogens is 4. The van der Waals surface area contributed by atoms with Gasteiger partial charge in [0.2, 0.25) is 31.0 Å². The Morgan fingerprint density at radius 3 is 1.61 bits per heavy atom. The van der Waals surface area contributed by atoms with E-state index in [1.54, 1.807) is 26.0 Å². The lowest BCUT2D eigenvalue weighted by Crippen LogP contribution is -2.42. The number of nitrogens with one attached hydrogen (secondary N) is 1. The van der Waals surface area contributed by atoms with Crippen LogP contribution in [0, 0.1) is 34.1 Å². The van der Waals surface area contributed by atoms with Gasteiger partial charge in [0.05, 0.1) is 19.6 Å². The molecule has 6 heterocycles. The number of fused-ring (bicyclic) bond motifs is 2. The summed E-state index contributed by atoms with van der Waals surface area (Å²) >= 11 is 5.47. The van der Waals surface area contributed by atoms with Crippen molar-refractivity contribution in [3.05, 3.63) is 97.4 Å². The van der Waals surface area contributed by atoms with Gasteiger partial charge in [-0.2, -0.15) is 13.0 Å². The number of nitrogens with zero attached hydrogens (tertiary/aromatic N) is 7. The second-order valence-corrected chi connectivity index (χ2v) is 20.4. The van der Waals surface area contributed by atoms with Gasteiger partial charge in [-0.1, -0.05) is 32.4 Å². The van der Waals surface area contributed by atoms with Crippen molar-refractivity contribution in [1.29, 1.82) is 0 Å². The lowest BCUT2D eigenvalue weighted by atomic mass is 10.1. The molecule has 384 valence electrons. The van der Waals surface area contributed by atoms with Crippen LogP contribution in [0.1, 0.15) is 64.8 Å². The summed E-state index contributed by atoms with van der Waals surface area (Å²) in [6.07, 6.45) is -1.73. The van der Waals surface area contributed by atoms with Crippen LogP contribution in [0.4, 0.5) is 30.4 Å². The average molecular weight is 1050 g/mol. The first-order valence-corrected chi connectivity index (χ1v) is 25.3. The molecule has 70 heavy (non-hydrogen) atoms. The molecule has 0 radical (unpaired) electrons. The monoisotopic (exact) mass is 1050 g/mol. The number of pyridine rings is 2. The molecule has 0 aliphatic carbocycles. The highest BCUT2D eigenvalue weighted by Gasteiger charge is 2.44. The van der Waals surface area contributed by atoms with Crippen LogP contribution >= 0.6 is 11.6 Å². The number of aromatic nitrogens is 2. The van der Waals surface area contributed by atoms with Crippen LogP contribution in [0.2, 0.25) is 5.15 Å². The smallest absolute Gasteiger partial charge is 0.423 e. The summed E-state index contributed by atoms with van der Waals surface area (Å²) in [5.74, 6) is -0.120. The van der Waals surface area contributed by atoms with Crippen LogP contribution in [-0.2, 0) is 20.0 Å². The Balaban J connectivity index is 0.000000200. The molecule has 27 heteroatoms. The Hall–Kier alpha value is -5.64. The summed E-state index contributed by atoms with van der Waals surface area (Å²) in [6.45, 7) is 15.7. The van der Waals surface area contributed by atoms with E-state index in [4.69, 9.17) is 26.8 Å². The molecule has 4 aromatic rings. The minimum Gasteiger partial charge on any atom is -0.423 e. The van der Waals surface area contributed by atoms with Crippen LogP contribution in [-0.4, -0.2) is 120 Å². The fraction of sp³-hybridized carbons (Fsp3) is 0.488. The molecule has 4 aliphatic heterocycles. The first-order valence-electron chi connectivity index (χ1n) is 22.0. The number of nitrogens with two attached hydrogens (primary N) is 1. The number of benzene rings is 2. The lowest BCUT2D eigenvalue weighted by molar-refractivity contribution is -0.385. The Bertz CT molecular complexity index is 2720. The van der Waals surface area contributed by atoms with Gasteiger partial charge in [-0.25, -0.2) is 26.8 Å². The number of hydrogen-bond donors (Lipinski definition) is 2. The maximum atomic E-state index is 13.9. The molecule has 2 fully saturated rings. The van der Waals surface area contributed by atoms with Crippen molar-refractivity contribution < 1.29 is 58.8 Å². The van der Waals surface area contributed by atoms with E-state index < -0.39 is 42.2 Å². The molecule has 4 aliphatic rings. The Labute approximate surface area is 408 Å². The number of rotatable bonds is 11. The first kappa shape index (κ1) is 55.3. The van der Waals surface area contributed by atoms with Gasteiger partial charge in [0.15, 0.2) is 23.0 Å². The van der Waals surface area contributed by atoms with Crippen molar-refractivity contribution in [2.45, 2.75) is 101 Å². The molecule has 21 nitrogen and oxygen atoms in total. The molecule has 1 atom stereocenters. The third kappa shape index (κ3) is 14.3. The zero-order valence-electron chi connectivity index (χ0n) is 39.1. The Morgan fingerprint density at radius 1 is 0.714 bits per heavy atom. The van der Waals surface area contributed by atoms with Crippen molar-refractivity contribution in [1.82, 2.24) is 23.5 Å². The maximum absolute atomic E-state index is 13.9. The average Bonchev–Trinajstić information content (AvgIpc) is 3.79. The zero-order chi connectivity index (χ0) is 51.8. The second-order valence-electron chi connectivity index (χ2n) is 16.2. The van der Waals surface area contributed by atoms with Gasteiger partial charge >= 0.3 is 23.7 Å². The van der Waals surface area contributed by atoms with E-state index >= 15 is 0 Å². The normalized spacial score (nSPS) is 18.9. The predicted octanol–water partition coefficient (Wildman–Crippen LogP) is 7.40. The number of aryl methyl sites for hydroxylation is 2. The molecule has 3 N–H and O–H groups in total. The van der Waals surface area contributed by atoms with Crippen LogP contribution in [0.25, 0.3) is 0 Å². The standard InChI is InChI=1S/C19H21FN4O6S.C12H14F2N2O4S.C6H5ClN2O2.C6H15N/c1-12-3-5-15(24(25)26)18(21-12)22-13-7-9-23(10-8-13)31(27,28)14-4-6-16-17(11-14)30-19(2,20)29-16;13-12(14)19-10-2-1-9(7-11(10)20-12)21(17,18)16-5-3-8(15)4-6-16;1-4-2-3-5(9(10)11)6(7)8-4;1-4-7(5-2)6-3/h3-6,11,13H,7-10H2,1-2H3,(H,21,22);1-2,7-8H,3-6,15H2;2-3H,1H3;4-6H2,1-3H3. The van der Waals surface area contributed by atoms with Crippen LogP contribution in [0.15, 0.2) is 70.5 Å². The molecule has 0 bridgehead atoms. The number of alkyl halides is 3. The summed E-state index contributed by atoms with van der Waals surface area (Å²) in [5.41, 5.74) is 6.77. The fourth-order valence-electron chi connectivity index (χ4n) is 7.29. The quantitative estimate of drug-likeness (QED) is 0.0842. The van der Waals surface area contributed by atoms with Crippen molar-refractivity contribution >= 4 is 48.8 Å². The highest BCUT2D eigenvalue weighted by molar-refractivity contribution is 7.89. The molecular weight excluding hydrogens is 991 g/mol. The number of nitro groups is 2. The van der Waals surface area contributed by atoms with Crippen molar-refractivity contribution in [3.8, 4) is 23.0 Å². The van der Waals surface area contributed by atoms with Gasteiger partial charge in [-0.3, -0.25) is 20.2 Å². The largest absolute Gasteiger partial charge is 0.586 e. The highest BCUT2D eigenvalue weighted by Crippen LogP contribution is 2.43. The second kappa shape index (κ2) is 23.1. The summed E-state index contributed by atoms with van der Waals surface area (Å²) < 4.78 is 112. The van der Waals surface area contributed by atoms with Crippen molar-refractivity contribution in [3.63, 3.8) is 0 Å². The predicted molar refractivity (Wildman–Crippen MR) is 251 cm³/mol. The highest BCUT2D eigenvalue weighted by atomic mass is 35.5. The number of piperidine rings is 2. The maximum Gasteiger partial charge on any atom is 0.586 e. The molecule has 2 aromatic heterocycles. The van der Waals surface area contributed by atoms with E-state index in [0.29, 0.717) is 50.2 Å². The third-order valence-corrected chi connectivity index (χ3v) is 15.2. The zero-order valence-corrected chi connectivity index (χ0v) is 41.5. The molecule has 0 saturated carbocycles. The topological polar surface area (TPSA) is 265 Å². The van der Waals surface area contributed by atoms with Gasteiger partial charge < -0.3 is 34.9 Å². The molecule has 2 saturated heterocycles. The number of ether oxygens (including phenoxy) is 4. The SMILES string of the molecule is CCN(CC)CC.Cc1ccc([N+](=O)[O-])c(Cl)n1.Cc1ccc([N+](=O)[O-])c(NC2CCN(S(=O)(=O)c3ccc4c(c3)OC(C)(F)O4)CC2)n1.NC1CCN(S(=O)(=O)c2ccc3c(c2)OC(F)(F)O3)CC1.